The lowest BCUT2D eigenvalue weighted by molar-refractivity contribution is 0.0813. The van der Waals surface area contributed by atoms with E-state index in [1.165, 1.54) is 11.1 Å². The molecule has 0 spiro atoms. The summed E-state index contributed by atoms with van der Waals surface area (Å²) in [4.78, 5) is 5.10. The van der Waals surface area contributed by atoms with Gasteiger partial charge >= 0.3 is 0 Å². The van der Waals surface area contributed by atoms with Gasteiger partial charge in [-0.05, 0) is 25.0 Å². The van der Waals surface area contributed by atoms with Gasteiger partial charge in [-0.2, -0.15) is 0 Å². The molecule has 0 unspecified atom stereocenters. The van der Waals surface area contributed by atoms with Gasteiger partial charge in [0.2, 0.25) is 0 Å². The molecule has 0 heterocycles. The maximum absolute atomic E-state index is 5.41. The van der Waals surface area contributed by atoms with Gasteiger partial charge in [-0.25, -0.2) is 5.90 Å². The zero-order chi connectivity index (χ0) is 12.3. The first-order valence-electron chi connectivity index (χ1n) is 5.69. The Morgan fingerprint density at radius 2 is 1.12 bits per heavy atom. The maximum Gasteiger partial charge on any atom is 0.129 e. The molecule has 0 radical (unpaired) electrons. The number of benzene rings is 2. The van der Waals surface area contributed by atoms with Crippen LogP contribution in [0.1, 0.15) is 28.4 Å². The van der Waals surface area contributed by atoms with Gasteiger partial charge < -0.3 is 0 Å². The van der Waals surface area contributed by atoms with E-state index in [0.717, 1.165) is 11.1 Å². The van der Waals surface area contributed by atoms with Crippen molar-refractivity contribution in [3.05, 3.63) is 70.8 Å². The monoisotopic (exact) mass is 227 g/mol. The summed E-state index contributed by atoms with van der Waals surface area (Å²) in [5, 5.41) is 0. The van der Waals surface area contributed by atoms with Gasteiger partial charge in [0.1, 0.15) is 6.10 Å². The Balaban J connectivity index is 2.33. The first-order chi connectivity index (χ1) is 8.20. The molecule has 0 bridgehead atoms. The topological polar surface area (TPSA) is 35.2 Å². The number of nitrogens with two attached hydrogens (primary N) is 1. The SMILES string of the molecule is Cc1ccc(C(ON)c2ccc(C)cc2)cc1. The van der Waals surface area contributed by atoms with Crippen molar-refractivity contribution in [2.75, 3.05) is 0 Å². The zero-order valence-electron chi connectivity index (χ0n) is 10.2. The molecular weight excluding hydrogens is 210 g/mol. The average Bonchev–Trinajstić information content (AvgIpc) is 2.35. The van der Waals surface area contributed by atoms with Crippen LogP contribution in [0.25, 0.3) is 0 Å². The third kappa shape index (κ3) is 2.73. The fourth-order valence-electron chi connectivity index (χ4n) is 1.83. The van der Waals surface area contributed by atoms with Crippen LogP contribution < -0.4 is 5.90 Å². The summed E-state index contributed by atoms with van der Waals surface area (Å²) in [5.41, 5.74) is 4.60. The molecule has 0 fully saturated rings. The van der Waals surface area contributed by atoms with Crippen LogP contribution in [-0.2, 0) is 4.84 Å². The molecule has 2 N–H and O–H groups in total. The van der Waals surface area contributed by atoms with Crippen molar-refractivity contribution in [1.29, 1.82) is 0 Å². The van der Waals surface area contributed by atoms with Crippen molar-refractivity contribution in [2.24, 2.45) is 5.90 Å². The Morgan fingerprint density at radius 3 is 1.41 bits per heavy atom. The van der Waals surface area contributed by atoms with Crippen LogP contribution in [0.5, 0.6) is 0 Å². The highest BCUT2D eigenvalue weighted by Crippen LogP contribution is 2.24. The van der Waals surface area contributed by atoms with Gasteiger partial charge in [-0.1, -0.05) is 59.7 Å². The summed E-state index contributed by atoms with van der Waals surface area (Å²) in [6.45, 7) is 4.13. The van der Waals surface area contributed by atoms with Crippen LogP contribution in [0, 0.1) is 13.8 Å². The number of aryl methyl sites for hydroxylation is 2. The third-order valence-corrected chi connectivity index (χ3v) is 2.90. The summed E-state index contributed by atoms with van der Waals surface area (Å²) in [7, 11) is 0. The molecule has 88 valence electrons. The van der Waals surface area contributed by atoms with Crippen LogP contribution in [0.3, 0.4) is 0 Å². The first kappa shape index (κ1) is 11.8. The molecule has 0 aliphatic carbocycles. The second kappa shape index (κ2) is 5.13. The number of hydrogen-bond acceptors (Lipinski definition) is 2. The Bertz CT molecular complexity index is 428. The molecule has 2 nitrogen and oxygen atoms in total. The maximum atomic E-state index is 5.41. The number of hydrogen-bond donors (Lipinski definition) is 1. The highest BCUT2D eigenvalue weighted by Gasteiger charge is 2.13. The minimum Gasteiger partial charge on any atom is -0.292 e. The van der Waals surface area contributed by atoms with Crippen molar-refractivity contribution < 1.29 is 4.84 Å². The van der Waals surface area contributed by atoms with Crippen LogP contribution >= 0.6 is 0 Å². The van der Waals surface area contributed by atoms with Crippen molar-refractivity contribution in [2.45, 2.75) is 20.0 Å². The van der Waals surface area contributed by atoms with Gasteiger partial charge in [0.15, 0.2) is 0 Å². The smallest absolute Gasteiger partial charge is 0.129 e. The molecule has 0 atom stereocenters. The summed E-state index contributed by atoms with van der Waals surface area (Å²) >= 11 is 0. The van der Waals surface area contributed by atoms with Gasteiger partial charge in [-0.15, -0.1) is 0 Å². The van der Waals surface area contributed by atoms with Crippen LogP contribution in [0.15, 0.2) is 48.5 Å². The van der Waals surface area contributed by atoms with E-state index in [1.54, 1.807) is 0 Å². The van der Waals surface area contributed by atoms with Crippen molar-refractivity contribution in [3.8, 4) is 0 Å². The van der Waals surface area contributed by atoms with Gasteiger partial charge in [0, 0.05) is 0 Å². The van der Waals surface area contributed by atoms with Crippen LogP contribution in [-0.4, -0.2) is 0 Å². The van der Waals surface area contributed by atoms with E-state index in [9.17, 15) is 0 Å². The third-order valence-electron chi connectivity index (χ3n) is 2.90. The molecule has 2 rings (SSSR count). The lowest BCUT2D eigenvalue weighted by atomic mass is 10.00. The Kier molecular flexibility index (Phi) is 3.57. The Morgan fingerprint density at radius 1 is 0.765 bits per heavy atom. The van der Waals surface area contributed by atoms with Gasteiger partial charge in [0.25, 0.3) is 0 Å². The second-order valence-electron chi connectivity index (χ2n) is 4.34. The van der Waals surface area contributed by atoms with Gasteiger partial charge in [-0.3, -0.25) is 4.84 Å². The van der Waals surface area contributed by atoms with Crippen LogP contribution in [0.4, 0.5) is 0 Å². The van der Waals surface area contributed by atoms with Crippen molar-refractivity contribution in [3.63, 3.8) is 0 Å². The standard InChI is InChI=1S/C15H17NO/c1-11-3-7-13(8-4-11)15(17-16)14-9-5-12(2)6-10-14/h3-10,15H,16H2,1-2H3. The predicted molar refractivity (Wildman–Crippen MR) is 69.5 cm³/mol. The fourth-order valence-corrected chi connectivity index (χ4v) is 1.83. The molecule has 2 aromatic rings. The summed E-state index contributed by atoms with van der Waals surface area (Å²) in [5.74, 6) is 5.41. The molecular formula is C15H17NO. The minimum atomic E-state index is -0.198. The highest BCUT2D eigenvalue weighted by molar-refractivity contribution is 5.33. The van der Waals surface area contributed by atoms with E-state index in [4.69, 9.17) is 10.7 Å². The average molecular weight is 227 g/mol. The summed E-state index contributed by atoms with van der Waals surface area (Å²) in [6, 6.07) is 16.5. The van der Waals surface area contributed by atoms with E-state index >= 15 is 0 Å². The Hall–Kier alpha value is -1.64. The molecule has 0 amide bonds. The molecule has 0 aromatic heterocycles. The molecule has 0 aliphatic rings. The Labute approximate surface area is 102 Å². The quantitative estimate of drug-likeness (QED) is 0.817. The normalized spacial score (nSPS) is 10.8. The molecule has 2 aromatic carbocycles. The minimum absolute atomic E-state index is 0.198. The molecule has 0 saturated heterocycles. The van der Waals surface area contributed by atoms with Crippen molar-refractivity contribution in [1.82, 2.24) is 0 Å². The van der Waals surface area contributed by atoms with Gasteiger partial charge in [0.05, 0.1) is 0 Å². The largest absolute Gasteiger partial charge is 0.292 e. The lowest BCUT2D eigenvalue weighted by Gasteiger charge is -2.15. The fraction of sp³-hybridized carbons (Fsp3) is 0.200. The molecule has 17 heavy (non-hydrogen) atoms. The summed E-state index contributed by atoms with van der Waals surface area (Å²) < 4.78 is 0. The van der Waals surface area contributed by atoms with E-state index in [-0.39, 0.29) is 6.10 Å². The summed E-state index contributed by atoms with van der Waals surface area (Å²) in [6.07, 6.45) is -0.198. The molecule has 2 heteroatoms. The zero-order valence-corrected chi connectivity index (χ0v) is 10.2. The first-order valence-corrected chi connectivity index (χ1v) is 5.69. The van der Waals surface area contributed by atoms with E-state index < -0.39 is 0 Å². The number of rotatable bonds is 3. The van der Waals surface area contributed by atoms with E-state index in [2.05, 4.69) is 38.1 Å². The second-order valence-corrected chi connectivity index (χ2v) is 4.34. The predicted octanol–water partition coefficient (Wildman–Crippen LogP) is 3.28. The van der Waals surface area contributed by atoms with Crippen LogP contribution in [0.2, 0.25) is 0 Å². The molecule has 0 saturated carbocycles. The molecule has 0 aliphatic heterocycles. The van der Waals surface area contributed by atoms with E-state index in [1.807, 2.05) is 24.3 Å². The van der Waals surface area contributed by atoms with Crippen molar-refractivity contribution >= 4 is 0 Å². The lowest BCUT2D eigenvalue weighted by Crippen LogP contribution is -2.10. The van der Waals surface area contributed by atoms with E-state index in [0.29, 0.717) is 0 Å². The highest BCUT2D eigenvalue weighted by atomic mass is 16.6.